The van der Waals surface area contributed by atoms with Crippen LogP contribution >= 0.6 is 0 Å². The number of aromatic nitrogens is 3. The predicted octanol–water partition coefficient (Wildman–Crippen LogP) is 3.47. The van der Waals surface area contributed by atoms with Crippen molar-refractivity contribution in [1.29, 1.82) is 0 Å². The minimum atomic E-state index is -0.0185. The lowest BCUT2D eigenvalue weighted by Gasteiger charge is -2.26. The summed E-state index contributed by atoms with van der Waals surface area (Å²) >= 11 is 0. The Morgan fingerprint density at radius 2 is 1.94 bits per heavy atom. The molecule has 7 nitrogen and oxygen atoms in total. The van der Waals surface area contributed by atoms with Crippen LogP contribution in [0.3, 0.4) is 0 Å². The molecule has 3 aromatic rings. The zero-order chi connectivity index (χ0) is 21.0. The Morgan fingerprint density at radius 3 is 2.81 bits per heavy atom. The Morgan fingerprint density at radius 1 is 1.10 bits per heavy atom. The van der Waals surface area contributed by atoms with E-state index in [1.165, 1.54) is 0 Å². The maximum Gasteiger partial charge on any atom is 0.247 e. The van der Waals surface area contributed by atoms with Gasteiger partial charge in [0.15, 0.2) is 11.5 Å². The molecule has 0 bridgehead atoms. The third kappa shape index (κ3) is 4.30. The van der Waals surface area contributed by atoms with Gasteiger partial charge in [0.25, 0.3) is 0 Å². The van der Waals surface area contributed by atoms with E-state index in [9.17, 15) is 4.79 Å². The zero-order valence-electron chi connectivity index (χ0n) is 17.2. The Balaban J connectivity index is 1.26. The zero-order valence-corrected chi connectivity index (χ0v) is 17.2. The SMILES string of the molecule is O=C(/C=C/c1cn(Cc2ccccc2)nn1)N1CCCC1c1ccc2c(c1)OCCO2. The average molecular weight is 416 g/mol. The molecule has 5 rings (SSSR count). The molecule has 0 saturated carbocycles. The van der Waals surface area contributed by atoms with Crippen molar-refractivity contribution in [2.75, 3.05) is 19.8 Å². The van der Waals surface area contributed by atoms with Crippen molar-refractivity contribution in [3.63, 3.8) is 0 Å². The van der Waals surface area contributed by atoms with E-state index in [0.29, 0.717) is 25.5 Å². The van der Waals surface area contributed by atoms with E-state index < -0.39 is 0 Å². The van der Waals surface area contributed by atoms with Gasteiger partial charge in [0.1, 0.15) is 18.9 Å². The molecular formula is C24H24N4O3. The van der Waals surface area contributed by atoms with Crippen molar-refractivity contribution in [2.24, 2.45) is 0 Å². The predicted molar refractivity (Wildman–Crippen MR) is 116 cm³/mol. The van der Waals surface area contributed by atoms with Crippen molar-refractivity contribution in [3.8, 4) is 11.5 Å². The van der Waals surface area contributed by atoms with Crippen LogP contribution in [-0.2, 0) is 11.3 Å². The second-order valence-corrected chi connectivity index (χ2v) is 7.75. The molecule has 0 radical (unpaired) electrons. The molecule has 0 aliphatic carbocycles. The van der Waals surface area contributed by atoms with E-state index >= 15 is 0 Å². The van der Waals surface area contributed by atoms with Gasteiger partial charge in [-0.15, -0.1) is 5.10 Å². The molecule has 7 heteroatoms. The first-order chi connectivity index (χ1) is 15.3. The standard InChI is InChI=1S/C24H24N4O3/c29-24(11-9-20-17-27(26-25-20)16-18-5-2-1-3-6-18)28-12-4-7-21(28)19-8-10-22-23(15-19)31-14-13-30-22/h1-3,5-6,8-11,15,17,21H,4,7,12-14,16H2/b11-9+. The van der Waals surface area contributed by atoms with Crippen molar-refractivity contribution >= 4 is 12.0 Å². The monoisotopic (exact) mass is 416 g/mol. The van der Waals surface area contributed by atoms with E-state index in [2.05, 4.69) is 10.3 Å². The van der Waals surface area contributed by atoms with Crippen molar-refractivity contribution < 1.29 is 14.3 Å². The molecule has 3 heterocycles. The molecule has 1 fully saturated rings. The number of hydrogen-bond acceptors (Lipinski definition) is 5. The van der Waals surface area contributed by atoms with Gasteiger partial charge in [0, 0.05) is 12.6 Å². The van der Waals surface area contributed by atoms with Crippen LogP contribution in [0.2, 0.25) is 0 Å². The van der Waals surface area contributed by atoms with Crippen LogP contribution in [0.25, 0.3) is 6.08 Å². The summed E-state index contributed by atoms with van der Waals surface area (Å²) in [7, 11) is 0. The van der Waals surface area contributed by atoms with Gasteiger partial charge in [-0.25, -0.2) is 4.68 Å². The summed E-state index contributed by atoms with van der Waals surface area (Å²) in [6, 6.07) is 16.1. The second kappa shape index (κ2) is 8.63. The molecule has 31 heavy (non-hydrogen) atoms. The van der Waals surface area contributed by atoms with E-state index in [1.807, 2.05) is 59.6 Å². The van der Waals surface area contributed by atoms with Crippen LogP contribution in [0, 0.1) is 0 Å². The summed E-state index contributed by atoms with van der Waals surface area (Å²) < 4.78 is 13.1. The topological polar surface area (TPSA) is 69.5 Å². The molecular weight excluding hydrogens is 392 g/mol. The number of rotatable bonds is 5. The highest BCUT2D eigenvalue weighted by atomic mass is 16.6. The third-order valence-corrected chi connectivity index (χ3v) is 5.63. The van der Waals surface area contributed by atoms with Gasteiger partial charge in [0.2, 0.25) is 5.91 Å². The first kappa shape index (κ1) is 19.4. The summed E-state index contributed by atoms with van der Waals surface area (Å²) in [6.07, 6.45) is 7.08. The molecule has 2 aromatic carbocycles. The normalized spacial score (nSPS) is 17.9. The highest BCUT2D eigenvalue weighted by molar-refractivity contribution is 5.92. The molecule has 0 spiro atoms. The number of fused-ring (bicyclic) bond motifs is 1. The number of amides is 1. The second-order valence-electron chi connectivity index (χ2n) is 7.75. The number of carbonyl (C=O) groups is 1. The molecule has 1 amide bonds. The molecule has 1 aromatic heterocycles. The molecule has 0 N–H and O–H groups in total. The number of hydrogen-bond donors (Lipinski definition) is 0. The van der Waals surface area contributed by atoms with Gasteiger partial charge in [-0.1, -0.05) is 41.6 Å². The number of likely N-dealkylation sites (tertiary alicyclic amines) is 1. The van der Waals surface area contributed by atoms with Gasteiger partial charge < -0.3 is 14.4 Å². The lowest BCUT2D eigenvalue weighted by atomic mass is 10.0. The first-order valence-electron chi connectivity index (χ1n) is 10.6. The number of benzene rings is 2. The molecule has 1 saturated heterocycles. The summed E-state index contributed by atoms with van der Waals surface area (Å²) in [5.74, 6) is 1.51. The summed E-state index contributed by atoms with van der Waals surface area (Å²) in [4.78, 5) is 14.8. The molecule has 1 atom stereocenters. The highest BCUT2D eigenvalue weighted by Gasteiger charge is 2.29. The molecule has 2 aliphatic rings. The Labute approximate surface area is 180 Å². The smallest absolute Gasteiger partial charge is 0.247 e. The molecule has 158 valence electrons. The van der Waals surface area contributed by atoms with Crippen LogP contribution in [-0.4, -0.2) is 45.6 Å². The summed E-state index contributed by atoms with van der Waals surface area (Å²) in [5.41, 5.74) is 2.90. The number of ether oxygens (including phenoxy) is 2. The number of carbonyl (C=O) groups excluding carboxylic acids is 1. The lowest BCUT2D eigenvalue weighted by Crippen LogP contribution is -2.29. The Hall–Kier alpha value is -3.61. The highest BCUT2D eigenvalue weighted by Crippen LogP contribution is 2.38. The van der Waals surface area contributed by atoms with Crippen LogP contribution in [0.5, 0.6) is 11.5 Å². The average Bonchev–Trinajstić information content (AvgIpc) is 3.48. The van der Waals surface area contributed by atoms with Crippen LogP contribution < -0.4 is 9.47 Å². The van der Waals surface area contributed by atoms with Gasteiger partial charge in [0.05, 0.1) is 18.8 Å². The van der Waals surface area contributed by atoms with E-state index in [4.69, 9.17) is 9.47 Å². The van der Waals surface area contributed by atoms with Gasteiger partial charge in [-0.3, -0.25) is 4.79 Å². The Kier molecular flexibility index (Phi) is 5.39. The van der Waals surface area contributed by atoms with Crippen molar-refractivity contribution in [1.82, 2.24) is 19.9 Å². The largest absolute Gasteiger partial charge is 0.486 e. The third-order valence-electron chi connectivity index (χ3n) is 5.63. The minimum absolute atomic E-state index is 0.0185. The fraction of sp³-hybridized carbons (Fsp3) is 0.292. The quantitative estimate of drug-likeness (QED) is 0.596. The summed E-state index contributed by atoms with van der Waals surface area (Å²) in [5, 5.41) is 8.32. The summed E-state index contributed by atoms with van der Waals surface area (Å²) in [6.45, 7) is 2.51. The lowest BCUT2D eigenvalue weighted by molar-refractivity contribution is -0.126. The Bertz CT molecular complexity index is 1090. The van der Waals surface area contributed by atoms with Crippen molar-refractivity contribution in [3.05, 3.63) is 77.6 Å². The maximum atomic E-state index is 12.9. The fourth-order valence-electron chi connectivity index (χ4n) is 4.13. The minimum Gasteiger partial charge on any atom is -0.486 e. The molecule has 2 aliphatic heterocycles. The van der Waals surface area contributed by atoms with Crippen LogP contribution in [0.4, 0.5) is 0 Å². The van der Waals surface area contributed by atoms with Crippen LogP contribution in [0.15, 0.2) is 60.8 Å². The van der Waals surface area contributed by atoms with Crippen LogP contribution in [0.1, 0.15) is 35.7 Å². The first-order valence-corrected chi connectivity index (χ1v) is 10.6. The van der Waals surface area contributed by atoms with Gasteiger partial charge >= 0.3 is 0 Å². The fourth-order valence-corrected chi connectivity index (χ4v) is 4.13. The van der Waals surface area contributed by atoms with Gasteiger partial charge in [-0.05, 0) is 42.2 Å². The van der Waals surface area contributed by atoms with E-state index in [-0.39, 0.29) is 11.9 Å². The molecule has 1 unspecified atom stereocenters. The van der Waals surface area contributed by atoms with Crippen molar-refractivity contribution in [2.45, 2.75) is 25.4 Å². The van der Waals surface area contributed by atoms with E-state index in [0.717, 1.165) is 42.0 Å². The van der Waals surface area contributed by atoms with Gasteiger partial charge in [-0.2, -0.15) is 0 Å². The maximum absolute atomic E-state index is 12.9. The van der Waals surface area contributed by atoms with E-state index in [1.54, 1.807) is 16.8 Å². The number of nitrogens with zero attached hydrogens (tertiary/aromatic N) is 4.